The molecule has 10 heteroatoms. The second kappa shape index (κ2) is 12.3. The number of amides is 2. The Labute approximate surface area is 216 Å². The zero-order chi connectivity index (χ0) is 27.2. The van der Waals surface area contributed by atoms with E-state index in [1.54, 1.807) is 4.90 Å². The van der Waals surface area contributed by atoms with E-state index < -0.39 is 12.1 Å². The SMILES string of the molecule is CC1CCCN(C2CCN(C(=O)c3ccc(C4(CN(C)C=O)CCC4)cc3)CC2)C1.O=C(O)C(F)(F)F. The zero-order valence-electron chi connectivity index (χ0n) is 21.7. The van der Waals surface area contributed by atoms with E-state index in [9.17, 15) is 22.8 Å². The third-order valence-corrected chi connectivity index (χ3v) is 7.99. The summed E-state index contributed by atoms with van der Waals surface area (Å²) < 4.78 is 31.7. The van der Waals surface area contributed by atoms with Gasteiger partial charge < -0.3 is 14.9 Å². The van der Waals surface area contributed by atoms with Gasteiger partial charge in [0, 0.05) is 50.2 Å². The third kappa shape index (κ3) is 7.46. The molecule has 2 heterocycles. The molecule has 37 heavy (non-hydrogen) atoms. The molecule has 1 aromatic carbocycles. The molecule has 1 atom stereocenters. The van der Waals surface area contributed by atoms with Crippen LogP contribution in [0.5, 0.6) is 0 Å². The topological polar surface area (TPSA) is 81.2 Å². The Morgan fingerprint density at radius 3 is 2.14 bits per heavy atom. The van der Waals surface area contributed by atoms with E-state index in [1.807, 2.05) is 24.1 Å². The lowest BCUT2D eigenvalue weighted by atomic mass is 9.64. The second-order valence-corrected chi connectivity index (χ2v) is 10.8. The van der Waals surface area contributed by atoms with Crippen molar-refractivity contribution in [3.8, 4) is 0 Å². The van der Waals surface area contributed by atoms with Crippen LogP contribution in [0.3, 0.4) is 0 Å². The minimum absolute atomic E-state index is 0.0706. The van der Waals surface area contributed by atoms with Crippen LogP contribution in [-0.4, -0.2) is 90.1 Å². The van der Waals surface area contributed by atoms with E-state index in [-0.39, 0.29) is 11.3 Å². The number of benzene rings is 1. The minimum atomic E-state index is -5.08. The molecule has 1 unspecified atom stereocenters. The molecule has 2 amide bonds. The van der Waals surface area contributed by atoms with E-state index in [0.717, 1.165) is 63.2 Å². The molecule has 206 valence electrons. The maximum Gasteiger partial charge on any atom is 0.490 e. The first-order valence-electron chi connectivity index (χ1n) is 13.0. The highest BCUT2D eigenvalue weighted by atomic mass is 19.4. The molecule has 4 rings (SSSR count). The smallest absolute Gasteiger partial charge is 0.475 e. The number of hydrogen-bond donors (Lipinski definition) is 1. The molecule has 0 spiro atoms. The number of nitrogens with zero attached hydrogens (tertiary/aromatic N) is 3. The lowest BCUT2D eigenvalue weighted by Crippen LogP contribution is -2.49. The molecule has 1 saturated carbocycles. The van der Waals surface area contributed by atoms with Gasteiger partial charge >= 0.3 is 12.1 Å². The molecule has 0 radical (unpaired) electrons. The van der Waals surface area contributed by atoms with Crippen molar-refractivity contribution in [2.45, 2.75) is 69.5 Å². The van der Waals surface area contributed by atoms with Gasteiger partial charge in [-0.3, -0.25) is 14.5 Å². The first kappa shape index (κ1) is 28.9. The summed E-state index contributed by atoms with van der Waals surface area (Å²) in [7, 11) is 1.85. The van der Waals surface area contributed by atoms with Gasteiger partial charge in [0.25, 0.3) is 5.91 Å². The van der Waals surface area contributed by atoms with E-state index in [1.165, 1.54) is 37.9 Å². The molecule has 7 nitrogen and oxygen atoms in total. The zero-order valence-corrected chi connectivity index (χ0v) is 21.7. The molecule has 1 aromatic rings. The fourth-order valence-electron chi connectivity index (χ4n) is 5.80. The normalized spacial score (nSPS) is 22.3. The molecule has 2 aliphatic heterocycles. The standard InChI is InChI=1S/C25H37N3O2.C2HF3O2/c1-20-5-3-14-28(17-20)23-10-15-27(16-11-23)24(30)21-6-8-22(9-7-21)25(12-4-13-25)18-26(2)19-29;3-2(4,5)1(6)7/h6-9,19-20,23H,3-5,10-18H2,1-2H3;(H,6,7). The number of carboxylic acids is 1. The Kier molecular flexibility index (Phi) is 9.61. The summed E-state index contributed by atoms with van der Waals surface area (Å²) in [6.07, 6.45) is 4.12. The number of carboxylic acid groups (broad SMARTS) is 1. The summed E-state index contributed by atoms with van der Waals surface area (Å²) in [6.45, 7) is 7.30. The number of alkyl halides is 3. The van der Waals surface area contributed by atoms with Crippen molar-refractivity contribution >= 4 is 18.3 Å². The van der Waals surface area contributed by atoms with Gasteiger partial charge in [0.1, 0.15) is 0 Å². The highest BCUT2D eigenvalue weighted by Crippen LogP contribution is 2.44. The average molecular weight is 526 g/mol. The van der Waals surface area contributed by atoms with Gasteiger partial charge in [-0.15, -0.1) is 0 Å². The Balaban J connectivity index is 0.000000479. The molecule has 2 saturated heterocycles. The highest BCUT2D eigenvalue weighted by molar-refractivity contribution is 5.94. The minimum Gasteiger partial charge on any atom is -0.475 e. The molecule has 0 aromatic heterocycles. The molecule has 3 aliphatic rings. The molecular weight excluding hydrogens is 487 g/mol. The van der Waals surface area contributed by atoms with Crippen LogP contribution in [0, 0.1) is 5.92 Å². The number of carbonyl (C=O) groups is 3. The van der Waals surface area contributed by atoms with Gasteiger partial charge in [-0.25, -0.2) is 4.79 Å². The Morgan fingerprint density at radius 2 is 1.68 bits per heavy atom. The number of carbonyl (C=O) groups excluding carboxylic acids is 2. The van der Waals surface area contributed by atoms with Crippen LogP contribution in [0.4, 0.5) is 13.2 Å². The van der Waals surface area contributed by atoms with Crippen LogP contribution in [0.1, 0.15) is 67.8 Å². The maximum absolute atomic E-state index is 13.1. The summed E-state index contributed by atoms with van der Waals surface area (Å²) >= 11 is 0. The van der Waals surface area contributed by atoms with Crippen molar-refractivity contribution in [1.29, 1.82) is 0 Å². The van der Waals surface area contributed by atoms with Gasteiger partial charge in [0.05, 0.1) is 0 Å². The fourth-order valence-corrected chi connectivity index (χ4v) is 5.80. The number of aliphatic carboxylic acids is 1. The lowest BCUT2D eigenvalue weighted by Gasteiger charge is -2.44. The van der Waals surface area contributed by atoms with Crippen LogP contribution in [0.15, 0.2) is 24.3 Å². The van der Waals surface area contributed by atoms with Crippen molar-refractivity contribution in [1.82, 2.24) is 14.7 Å². The number of hydrogen-bond acceptors (Lipinski definition) is 4. The van der Waals surface area contributed by atoms with Gasteiger partial charge in [0.2, 0.25) is 6.41 Å². The molecule has 0 bridgehead atoms. The van der Waals surface area contributed by atoms with Crippen molar-refractivity contribution in [3.63, 3.8) is 0 Å². The van der Waals surface area contributed by atoms with E-state index in [4.69, 9.17) is 9.90 Å². The Morgan fingerprint density at radius 1 is 1.08 bits per heavy atom. The van der Waals surface area contributed by atoms with Crippen LogP contribution in [0.2, 0.25) is 0 Å². The first-order chi connectivity index (χ1) is 17.4. The molecule has 1 aliphatic carbocycles. The van der Waals surface area contributed by atoms with Crippen LogP contribution >= 0.6 is 0 Å². The molecule has 1 N–H and O–H groups in total. The van der Waals surface area contributed by atoms with Crippen molar-refractivity contribution in [3.05, 3.63) is 35.4 Å². The van der Waals surface area contributed by atoms with Gasteiger partial charge in [0.15, 0.2) is 0 Å². The van der Waals surface area contributed by atoms with Crippen molar-refractivity contribution < 1.29 is 32.7 Å². The second-order valence-electron chi connectivity index (χ2n) is 10.8. The summed E-state index contributed by atoms with van der Waals surface area (Å²) in [5, 5.41) is 7.12. The van der Waals surface area contributed by atoms with Crippen LogP contribution in [0.25, 0.3) is 0 Å². The number of likely N-dealkylation sites (N-methyl/N-ethyl adjacent to an activating group) is 1. The van der Waals surface area contributed by atoms with Crippen LogP contribution in [-0.2, 0) is 15.0 Å². The van der Waals surface area contributed by atoms with Crippen LogP contribution < -0.4 is 0 Å². The number of halogens is 3. The quantitative estimate of drug-likeness (QED) is 0.564. The molecule has 3 fully saturated rings. The Hall–Kier alpha value is -2.62. The summed E-state index contributed by atoms with van der Waals surface area (Å²) in [5.41, 5.74) is 2.13. The lowest BCUT2D eigenvalue weighted by molar-refractivity contribution is -0.192. The van der Waals surface area contributed by atoms with E-state index in [2.05, 4.69) is 24.0 Å². The summed E-state index contributed by atoms with van der Waals surface area (Å²) in [4.78, 5) is 39.5. The van der Waals surface area contributed by atoms with Gasteiger partial charge in [-0.2, -0.15) is 13.2 Å². The van der Waals surface area contributed by atoms with Crippen molar-refractivity contribution in [2.24, 2.45) is 5.92 Å². The largest absolute Gasteiger partial charge is 0.490 e. The summed E-state index contributed by atoms with van der Waals surface area (Å²) in [5.74, 6) is -1.78. The fraction of sp³-hybridized carbons (Fsp3) is 0.667. The van der Waals surface area contributed by atoms with E-state index >= 15 is 0 Å². The van der Waals surface area contributed by atoms with Gasteiger partial charge in [-0.05, 0) is 68.7 Å². The first-order valence-corrected chi connectivity index (χ1v) is 13.0. The van der Waals surface area contributed by atoms with E-state index in [0.29, 0.717) is 6.04 Å². The average Bonchev–Trinajstić information content (AvgIpc) is 2.85. The Bertz CT molecular complexity index is 926. The number of likely N-dealkylation sites (tertiary alicyclic amines) is 2. The third-order valence-electron chi connectivity index (χ3n) is 7.99. The predicted octanol–water partition coefficient (Wildman–Crippen LogP) is 4.17. The highest BCUT2D eigenvalue weighted by Gasteiger charge is 2.40. The number of piperidine rings is 2. The number of rotatable bonds is 6. The molecular formula is C27H38F3N3O4. The summed E-state index contributed by atoms with van der Waals surface area (Å²) in [6, 6.07) is 8.88. The van der Waals surface area contributed by atoms with Gasteiger partial charge in [-0.1, -0.05) is 25.5 Å². The maximum atomic E-state index is 13.1. The predicted molar refractivity (Wildman–Crippen MR) is 133 cm³/mol. The van der Waals surface area contributed by atoms with Crippen molar-refractivity contribution in [2.75, 3.05) is 39.8 Å². The monoisotopic (exact) mass is 525 g/mol.